The van der Waals surface area contributed by atoms with Crippen molar-refractivity contribution in [3.05, 3.63) is 94.8 Å². The number of nitriles is 1. The van der Waals surface area contributed by atoms with Crippen molar-refractivity contribution in [2.45, 2.75) is 84.7 Å². The lowest BCUT2D eigenvalue weighted by atomic mass is 9.88. The first-order valence-electron chi connectivity index (χ1n) is 22.0. The van der Waals surface area contributed by atoms with E-state index in [1.165, 1.54) is 23.7 Å². The maximum absolute atomic E-state index is 14.7. The first kappa shape index (κ1) is 48.8. The summed E-state index contributed by atoms with van der Waals surface area (Å²) in [6.07, 6.45) is 2.14. The van der Waals surface area contributed by atoms with Crippen LogP contribution < -0.4 is 32.0 Å². The molecule has 1 aliphatic rings. The molecule has 0 aliphatic carbocycles. The highest BCUT2D eigenvalue weighted by Crippen LogP contribution is 2.41. The molecule has 0 saturated heterocycles. The number of nitrogens with two attached hydrogens (primary N) is 3. The highest BCUT2D eigenvalue weighted by molar-refractivity contribution is 6.00. The fourth-order valence-corrected chi connectivity index (χ4v) is 8.16. The lowest BCUT2D eigenvalue weighted by molar-refractivity contribution is -0.142. The minimum atomic E-state index is -1.23. The molecule has 2 amide bonds. The van der Waals surface area contributed by atoms with Crippen molar-refractivity contribution >= 4 is 29.2 Å². The molecule has 64 heavy (non-hydrogen) atoms. The largest absolute Gasteiger partial charge is 0.492 e. The Morgan fingerprint density at radius 3 is 2.22 bits per heavy atom. The van der Waals surface area contributed by atoms with Gasteiger partial charge in [-0.2, -0.15) is 10.4 Å². The summed E-state index contributed by atoms with van der Waals surface area (Å²) in [5, 5.41) is 16.6. The van der Waals surface area contributed by atoms with Gasteiger partial charge in [-0.05, 0) is 91.7 Å². The number of ether oxygens (including phenoxy) is 2. The van der Waals surface area contributed by atoms with Crippen molar-refractivity contribution in [1.82, 2.24) is 20.0 Å². The van der Waals surface area contributed by atoms with Crippen molar-refractivity contribution in [2.75, 3.05) is 39.9 Å². The summed E-state index contributed by atoms with van der Waals surface area (Å²) in [5.41, 5.74) is 22.9. The quantitative estimate of drug-likeness (QED) is 0.0914. The molecule has 1 aromatic heterocycles. The van der Waals surface area contributed by atoms with Gasteiger partial charge in [0.15, 0.2) is 17.3 Å². The van der Waals surface area contributed by atoms with Gasteiger partial charge in [-0.3, -0.25) is 24.0 Å². The van der Waals surface area contributed by atoms with Crippen molar-refractivity contribution in [3.63, 3.8) is 0 Å². The van der Waals surface area contributed by atoms with E-state index in [2.05, 4.69) is 36.4 Å². The number of hydrogen-bond donors (Lipinski definition) is 4. The number of fused-ring (bicyclic) bond motifs is 5. The summed E-state index contributed by atoms with van der Waals surface area (Å²) in [4.78, 5) is 72.1. The van der Waals surface area contributed by atoms with Crippen LogP contribution in [0.1, 0.15) is 91.7 Å². The summed E-state index contributed by atoms with van der Waals surface area (Å²) in [5.74, 6) is -2.53. The van der Waals surface area contributed by atoms with Crippen LogP contribution in [0.3, 0.4) is 0 Å². The third-order valence-electron chi connectivity index (χ3n) is 11.5. The van der Waals surface area contributed by atoms with Crippen LogP contribution in [0.2, 0.25) is 0 Å². The van der Waals surface area contributed by atoms with Gasteiger partial charge >= 0.3 is 0 Å². The summed E-state index contributed by atoms with van der Waals surface area (Å²) in [6, 6.07) is 18.3. The van der Waals surface area contributed by atoms with Gasteiger partial charge in [-0.15, -0.1) is 0 Å². The Morgan fingerprint density at radius 1 is 0.938 bits per heavy atom. The second-order valence-corrected chi connectivity index (χ2v) is 16.9. The Hall–Kier alpha value is -6.21. The van der Waals surface area contributed by atoms with Crippen molar-refractivity contribution < 1.29 is 33.4 Å². The van der Waals surface area contributed by atoms with E-state index < -0.39 is 41.5 Å². The zero-order valence-corrected chi connectivity index (χ0v) is 37.6. The van der Waals surface area contributed by atoms with Crippen LogP contribution in [-0.2, 0) is 32.0 Å². The smallest absolute Gasteiger partial charge is 0.226 e. The predicted molar refractivity (Wildman–Crippen MR) is 244 cm³/mol. The van der Waals surface area contributed by atoms with Crippen LogP contribution in [0.25, 0.3) is 16.8 Å². The number of nitrogens with zero attached hydrogens (tertiary/aromatic N) is 4. The number of carbonyl (C=O) groups is 5. The lowest BCUT2D eigenvalue weighted by Crippen LogP contribution is -2.46. The molecule has 0 saturated carbocycles. The number of benzene rings is 3. The summed E-state index contributed by atoms with van der Waals surface area (Å²) >= 11 is 0. The van der Waals surface area contributed by atoms with Crippen LogP contribution >= 0.6 is 0 Å². The van der Waals surface area contributed by atoms with Gasteiger partial charge in [0.2, 0.25) is 11.8 Å². The monoisotopic (exact) mass is 874 g/mol. The van der Waals surface area contributed by atoms with Gasteiger partial charge in [-0.25, -0.2) is 4.68 Å². The van der Waals surface area contributed by atoms with Crippen molar-refractivity contribution in [2.24, 2.45) is 35.0 Å². The average molecular weight is 875 g/mol. The summed E-state index contributed by atoms with van der Waals surface area (Å²) < 4.78 is 14.0. The average Bonchev–Trinajstić information content (AvgIpc) is 3.67. The molecule has 4 aromatic rings. The van der Waals surface area contributed by atoms with Gasteiger partial charge in [0, 0.05) is 68.8 Å². The van der Waals surface area contributed by atoms with E-state index in [9.17, 15) is 29.2 Å². The Labute approximate surface area is 375 Å². The number of amides is 2. The number of ketones is 3. The summed E-state index contributed by atoms with van der Waals surface area (Å²) in [6.45, 7) is 8.61. The third kappa shape index (κ3) is 12.1. The van der Waals surface area contributed by atoms with Gasteiger partial charge in [0.1, 0.15) is 30.8 Å². The minimum Gasteiger partial charge on any atom is -0.492 e. The van der Waals surface area contributed by atoms with Gasteiger partial charge in [0.05, 0.1) is 35.3 Å². The summed E-state index contributed by atoms with van der Waals surface area (Å²) in [7, 11) is 1.51. The highest BCUT2D eigenvalue weighted by Gasteiger charge is 2.36. The van der Waals surface area contributed by atoms with Crippen molar-refractivity contribution in [3.8, 4) is 34.4 Å². The highest BCUT2D eigenvalue weighted by atomic mass is 16.5. The second-order valence-electron chi connectivity index (χ2n) is 16.9. The normalized spacial score (nSPS) is 16.9. The molecule has 15 nitrogen and oxygen atoms in total. The maximum Gasteiger partial charge on any atom is 0.226 e. The second kappa shape index (κ2) is 22.9. The number of nitrogens with one attached hydrogen (secondary N) is 1. The zero-order chi connectivity index (χ0) is 46.5. The minimum absolute atomic E-state index is 0.0277. The van der Waals surface area contributed by atoms with Gasteiger partial charge in [0.25, 0.3) is 0 Å². The SMILES string of the molecule is Cc1c(C(=O)C[C@@H](CCN)C(=O)N(C)[C@@H]2C(=O)C[C@@H](C)C(=O)N[C@H](C(=O)CCC#N)Cc3ccc(OCCN)c(c3)-c3cc2ccc3OCCN)cnn1-c1ccc(CC(C)C)cc1. The molecule has 0 unspecified atom stereocenters. The van der Waals surface area contributed by atoms with E-state index >= 15 is 0 Å². The molecule has 5 rings (SSSR count). The molecule has 1 aliphatic heterocycles. The molecule has 0 spiro atoms. The topological polar surface area (TPSA) is 239 Å². The molecule has 0 radical (unpaired) electrons. The van der Waals surface area contributed by atoms with E-state index in [4.69, 9.17) is 26.7 Å². The molecule has 4 bridgehead atoms. The number of hydrogen-bond acceptors (Lipinski definition) is 12. The number of Topliss-reactive ketones (excluding diaryl/α,β-unsaturated/α-hetero) is 3. The molecule has 15 heteroatoms. The Kier molecular flexibility index (Phi) is 17.5. The predicted octanol–water partition coefficient (Wildman–Crippen LogP) is 4.97. The Balaban J connectivity index is 1.56. The maximum atomic E-state index is 14.7. The van der Waals surface area contributed by atoms with Crippen LogP contribution in [0.15, 0.2) is 66.9 Å². The number of rotatable bonds is 19. The fraction of sp³-hybridized carbons (Fsp3) is 0.449. The van der Waals surface area contributed by atoms with Crippen LogP contribution in [-0.4, -0.2) is 89.8 Å². The molecule has 4 atom stereocenters. The molecular weight excluding hydrogens is 813 g/mol. The molecule has 7 N–H and O–H groups in total. The number of likely N-dealkylation sites (N-methyl/N-ethyl adjacent to an activating group) is 1. The van der Waals surface area contributed by atoms with Crippen LogP contribution in [0, 0.1) is 36.0 Å². The van der Waals surface area contributed by atoms with E-state index in [-0.39, 0.29) is 82.9 Å². The molecule has 3 aromatic carbocycles. The van der Waals surface area contributed by atoms with Crippen molar-refractivity contribution in [1.29, 1.82) is 5.26 Å². The number of aromatic nitrogens is 2. The Morgan fingerprint density at radius 2 is 1.59 bits per heavy atom. The molecule has 340 valence electrons. The molecule has 2 heterocycles. The molecule has 0 fully saturated rings. The van der Waals surface area contributed by atoms with Gasteiger partial charge < -0.3 is 36.9 Å². The fourth-order valence-electron chi connectivity index (χ4n) is 8.16. The third-order valence-corrected chi connectivity index (χ3v) is 11.5. The van der Waals surface area contributed by atoms with E-state index in [0.29, 0.717) is 50.9 Å². The Bertz CT molecular complexity index is 2330. The zero-order valence-electron chi connectivity index (χ0n) is 37.6. The lowest BCUT2D eigenvalue weighted by Gasteiger charge is -2.32. The van der Waals surface area contributed by atoms with E-state index in [1.54, 1.807) is 41.9 Å². The first-order chi connectivity index (χ1) is 30.7. The van der Waals surface area contributed by atoms with Crippen LogP contribution in [0.5, 0.6) is 11.5 Å². The molecular formula is C49H62N8O7. The first-order valence-corrected chi connectivity index (χ1v) is 22.0. The van der Waals surface area contributed by atoms with E-state index in [1.807, 2.05) is 31.2 Å². The number of carbonyl (C=O) groups excluding carboxylic acids is 5. The van der Waals surface area contributed by atoms with Gasteiger partial charge in [-0.1, -0.05) is 45.0 Å². The van der Waals surface area contributed by atoms with E-state index in [0.717, 1.165) is 12.1 Å². The van der Waals surface area contributed by atoms with Crippen LogP contribution in [0.4, 0.5) is 0 Å². The standard InChI is InChI=1S/C49H62N8O7/c1-30(2)23-33-8-12-37(13-9-33)57-32(4)40(29-54-57)43(59)28-36(16-18-51)49(62)56(5)47-35-11-15-46(64-22-20-53)39(27-35)38-25-34(10-14-45(38)63-21-19-52)26-41(42(58)7-6-17-50)55-48(61)31(3)24-44(47)60/h8-15,25,27,29-31,36,41,47H,6-7,16,18-24,26,28,51-53H2,1-5H3,(H,55,61)/t31-,36-,41+,47+/m1/s1.